The maximum absolute atomic E-state index is 12.9. The third-order valence-electron chi connectivity index (χ3n) is 5.20. The number of aromatic nitrogens is 5. The molecule has 8 nitrogen and oxygen atoms in total. The summed E-state index contributed by atoms with van der Waals surface area (Å²) in [7, 11) is 1.76. The molecule has 8 heteroatoms. The first kappa shape index (κ1) is 16.6. The molecule has 3 aromatic rings. The Labute approximate surface area is 150 Å². The van der Waals surface area contributed by atoms with Crippen LogP contribution < -0.4 is 5.56 Å². The average molecular weight is 354 g/mol. The summed E-state index contributed by atoms with van der Waals surface area (Å²) >= 11 is 0. The highest BCUT2D eigenvalue weighted by atomic mass is 16.2. The van der Waals surface area contributed by atoms with Gasteiger partial charge in [-0.1, -0.05) is 6.92 Å². The number of rotatable bonds is 3. The molecule has 4 heterocycles. The van der Waals surface area contributed by atoms with Gasteiger partial charge in [-0.25, -0.2) is 9.50 Å². The smallest absolute Gasteiger partial charge is 0.276 e. The van der Waals surface area contributed by atoms with Gasteiger partial charge in [0, 0.05) is 37.1 Å². The largest absolute Gasteiger partial charge is 0.329 e. The summed E-state index contributed by atoms with van der Waals surface area (Å²) < 4.78 is 3.08. The third-order valence-corrected chi connectivity index (χ3v) is 5.20. The molecule has 1 amide bonds. The van der Waals surface area contributed by atoms with E-state index >= 15 is 0 Å². The molecule has 4 rings (SSSR count). The molecule has 0 aromatic carbocycles. The van der Waals surface area contributed by atoms with Crippen molar-refractivity contribution in [1.82, 2.24) is 29.3 Å². The van der Waals surface area contributed by atoms with Crippen LogP contribution >= 0.6 is 0 Å². The van der Waals surface area contributed by atoms with Crippen molar-refractivity contribution in [2.24, 2.45) is 7.05 Å². The fraction of sp³-hybridized carbons (Fsp3) is 0.444. The minimum atomic E-state index is -0.0936. The van der Waals surface area contributed by atoms with Gasteiger partial charge in [0.1, 0.15) is 5.69 Å². The highest BCUT2D eigenvalue weighted by Gasteiger charge is 2.33. The van der Waals surface area contributed by atoms with Gasteiger partial charge < -0.3 is 4.90 Å². The first-order valence-corrected chi connectivity index (χ1v) is 8.91. The van der Waals surface area contributed by atoms with Gasteiger partial charge in [0.2, 0.25) is 0 Å². The third kappa shape index (κ3) is 2.44. The van der Waals surface area contributed by atoms with Crippen LogP contribution in [0.4, 0.5) is 0 Å². The zero-order chi connectivity index (χ0) is 18.4. The number of fused-ring (bicyclic) bond motifs is 1. The minimum Gasteiger partial charge on any atom is -0.329 e. The lowest BCUT2D eigenvalue weighted by Crippen LogP contribution is -2.32. The zero-order valence-corrected chi connectivity index (χ0v) is 15.2. The predicted octanol–water partition coefficient (Wildman–Crippen LogP) is 1.60. The molecule has 1 fully saturated rings. The van der Waals surface area contributed by atoms with Crippen LogP contribution in [0.5, 0.6) is 0 Å². The van der Waals surface area contributed by atoms with E-state index in [1.54, 1.807) is 24.0 Å². The molecular weight excluding hydrogens is 332 g/mol. The van der Waals surface area contributed by atoms with Crippen LogP contribution in [0.1, 0.15) is 53.2 Å². The van der Waals surface area contributed by atoms with E-state index in [2.05, 4.69) is 15.2 Å². The Morgan fingerprint density at radius 3 is 2.92 bits per heavy atom. The fourth-order valence-electron chi connectivity index (χ4n) is 3.83. The monoisotopic (exact) mass is 354 g/mol. The summed E-state index contributed by atoms with van der Waals surface area (Å²) in [4.78, 5) is 32.0. The maximum atomic E-state index is 12.9. The van der Waals surface area contributed by atoms with Gasteiger partial charge in [-0.05, 0) is 32.3 Å². The van der Waals surface area contributed by atoms with Crippen LogP contribution in [-0.2, 0) is 13.5 Å². The van der Waals surface area contributed by atoms with E-state index in [0.717, 1.165) is 24.2 Å². The standard InChI is InChI=1S/C18H22N6O2/c1-4-12-11(2)20-16-10-13(21-24(16)17(12)25)14-6-5-9-23(14)18(26)15-7-8-19-22(15)3/h7-8,10,14,21H,4-6,9H2,1-3H3/t14-/m0/s1. The normalized spacial score (nSPS) is 17.3. The van der Waals surface area contributed by atoms with E-state index in [-0.39, 0.29) is 17.5 Å². The molecule has 0 spiro atoms. The highest BCUT2D eigenvalue weighted by Crippen LogP contribution is 2.32. The average Bonchev–Trinajstić information content (AvgIpc) is 3.32. The Kier molecular flexibility index (Phi) is 3.90. The molecule has 136 valence electrons. The number of aryl methyl sites for hydroxylation is 2. The lowest BCUT2D eigenvalue weighted by Gasteiger charge is -2.23. The molecule has 0 saturated carbocycles. The number of H-pyrrole nitrogens is 1. The van der Waals surface area contributed by atoms with E-state index < -0.39 is 0 Å². The lowest BCUT2D eigenvalue weighted by atomic mass is 10.1. The number of nitrogens with one attached hydrogen (secondary N) is 1. The van der Waals surface area contributed by atoms with Gasteiger partial charge in [-0.15, -0.1) is 0 Å². The van der Waals surface area contributed by atoms with Crippen molar-refractivity contribution in [1.29, 1.82) is 0 Å². The van der Waals surface area contributed by atoms with Crippen LogP contribution in [0.25, 0.3) is 5.65 Å². The second-order valence-corrected chi connectivity index (χ2v) is 6.74. The highest BCUT2D eigenvalue weighted by molar-refractivity contribution is 5.93. The summed E-state index contributed by atoms with van der Waals surface area (Å²) in [6, 6.07) is 3.52. The maximum Gasteiger partial charge on any atom is 0.276 e. The number of hydrogen-bond donors (Lipinski definition) is 1. The number of hydrogen-bond acceptors (Lipinski definition) is 4. The van der Waals surface area contributed by atoms with Crippen molar-refractivity contribution < 1.29 is 4.79 Å². The van der Waals surface area contributed by atoms with Crippen LogP contribution in [0.3, 0.4) is 0 Å². The number of carbonyl (C=O) groups is 1. The summed E-state index contributed by atoms with van der Waals surface area (Å²) in [5.41, 5.74) is 3.41. The molecule has 26 heavy (non-hydrogen) atoms. The summed E-state index contributed by atoms with van der Waals surface area (Å²) in [5.74, 6) is -0.0445. The number of nitrogens with zero attached hydrogens (tertiary/aromatic N) is 5. The van der Waals surface area contributed by atoms with Crippen molar-refractivity contribution >= 4 is 11.6 Å². The Hall–Kier alpha value is -2.90. The van der Waals surface area contributed by atoms with Gasteiger partial charge in [0.25, 0.3) is 11.5 Å². The van der Waals surface area contributed by atoms with Gasteiger partial charge in [-0.3, -0.25) is 19.4 Å². The summed E-state index contributed by atoms with van der Waals surface area (Å²) in [6.45, 7) is 4.50. The zero-order valence-electron chi connectivity index (χ0n) is 15.2. The second-order valence-electron chi connectivity index (χ2n) is 6.74. The molecular formula is C18H22N6O2. The fourth-order valence-corrected chi connectivity index (χ4v) is 3.83. The predicted molar refractivity (Wildman–Crippen MR) is 96.1 cm³/mol. The molecule has 0 unspecified atom stereocenters. The number of carbonyl (C=O) groups excluding carboxylic acids is 1. The topological polar surface area (TPSA) is 88.3 Å². The molecule has 1 saturated heterocycles. The van der Waals surface area contributed by atoms with Crippen molar-refractivity contribution in [3.05, 3.63) is 51.3 Å². The van der Waals surface area contributed by atoms with Crippen molar-refractivity contribution in [2.75, 3.05) is 6.54 Å². The van der Waals surface area contributed by atoms with Gasteiger partial charge in [-0.2, -0.15) is 5.10 Å². The minimum absolute atomic E-state index is 0.0445. The molecule has 0 bridgehead atoms. The van der Waals surface area contributed by atoms with Crippen molar-refractivity contribution in [3.63, 3.8) is 0 Å². The first-order valence-electron chi connectivity index (χ1n) is 8.91. The van der Waals surface area contributed by atoms with Gasteiger partial charge in [0.15, 0.2) is 5.65 Å². The molecule has 0 aliphatic carbocycles. The molecule has 1 atom stereocenters. The van der Waals surface area contributed by atoms with Gasteiger partial charge in [0.05, 0.1) is 11.7 Å². The Morgan fingerprint density at radius 1 is 1.42 bits per heavy atom. The van der Waals surface area contributed by atoms with Crippen LogP contribution in [0.2, 0.25) is 0 Å². The van der Waals surface area contributed by atoms with E-state index in [9.17, 15) is 9.59 Å². The molecule has 0 radical (unpaired) electrons. The SMILES string of the molecule is CCc1c(C)nc2cc([C@@H]3CCCN3C(=O)c3ccnn3C)[nH]n2c1=O. The van der Waals surface area contributed by atoms with E-state index in [4.69, 9.17) is 0 Å². The number of amides is 1. The summed E-state index contributed by atoms with van der Waals surface area (Å²) in [5, 5.41) is 7.27. The van der Waals surface area contributed by atoms with Gasteiger partial charge >= 0.3 is 0 Å². The lowest BCUT2D eigenvalue weighted by molar-refractivity contribution is 0.0721. The Morgan fingerprint density at radius 2 is 2.23 bits per heavy atom. The number of likely N-dealkylation sites (tertiary alicyclic amines) is 1. The van der Waals surface area contributed by atoms with Crippen LogP contribution in [0, 0.1) is 6.92 Å². The quantitative estimate of drug-likeness (QED) is 0.774. The van der Waals surface area contributed by atoms with Crippen LogP contribution in [-0.4, -0.2) is 41.7 Å². The first-order chi connectivity index (χ1) is 12.5. The molecule has 3 aromatic heterocycles. The van der Waals surface area contributed by atoms with E-state index in [1.165, 1.54) is 4.52 Å². The van der Waals surface area contributed by atoms with E-state index in [1.807, 2.05) is 24.8 Å². The second kappa shape index (κ2) is 6.12. The number of aromatic amines is 1. The Bertz CT molecular complexity index is 1040. The van der Waals surface area contributed by atoms with Crippen molar-refractivity contribution in [2.45, 2.75) is 39.2 Å². The summed E-state index contributed by atoms with van der Waals surface area (Å²) in [6.07, 6.45) is 4.04. The molecule has 1 aliphatic rings. The molecule has 1 aliphatic heterocycles. The molecule has 1 N–H and O–H groups in total. The van der Waals surface area contributed by atoms with Crippen LogP contribution in [0.15, 0.2) is 23.1 Å². The van der Waals surface area contributed by atoms with Crippen molar-refractivity contribution in [3.8, 4) is 0 Å². The van der Waals surface area contributed by atoms with E-state index in [0.29, 0.717) is 29.9 Å². The Balaban J connectivity index is 1.75.